The second-order valence-electron chi connectivity index (χ2n) is 3.37. The number of carbonyl (C=O) groups excluding carboxylic acids is 1. The number of thioether (sulfide) groups is 1. The van der Waals surface area contributed by atoms with Crippen LogP contribution in [0.15, 0.2) is 33.6 Å². The van der Waals surface area contributed by atoms with E-state index < -0.39 is 0 Å². The van der Waals surface area contributed by atoms with Crippen molar-refractivity contribution in [1.82, 2.24) is 0 Å². The molecule has 1 aromatic rings. The highest BCUT2D eigenvalue weighted by atomic mass is 79.9. The second-order valence-corrected chi connectivity index (χ2v) is 5.70. The molecule has 16 heavy (non-hydrogen) atoms. The third-order valence-corrected chi connectivity index (χ3v) is 4.06. The lowest BCUT2D eigenvalue weighted by atomic mass is 10.3. The fraction of sp³-hybridized carbons (Fsp3) is 0.417. The highest BCUT2D eigenvalue weighted by Gasteiger charge is 2.12. The lowest BCUT2D eigenvalue weighted by molar-refractivity contribution is -0.142. The van der Waals surface area contributed by atoms with Gasteiger partial charge in [-0.25, -0.2) is 0 Å². The lowest BCUT2D eigenvalue weighted by Crippen LogP contribution is -2.10. The topological polar surface area (TPSA) is 26.3 Å². The van der Waals surface area contributed by atoms with Gasteiger partial charge in [-0.2, -0.15) is 0 Å². The molecule has 0 heterocycles. The van der Waals surface area contributed by atoms with Crippen LogP contribution in [-0.4, -0.2) is 17.8 Å². The molecule has 1 rings (SSSR count). The summed E-state index contributed by atoms with van der Waals surface area (Å²) in [5.41, 5.74) is 0. The number of ether oxygens (including phenoxy) is 1. The monoisotopic (exact) mass is 302 g/mol. The molecule has 0 spiro atoms. The molecule has 0 aliphatic heterocycles. The van der Waals surface area contributed by atoms with Gasteiger partial charge in [0, 0.05) is 14.6 Å². The fourth-order valence-corrected chi connectivity index (χ4v) is 2.81. The Morgan fingerprint density at radius 1 is 1.50 bits per heavy atom. The molecule has 0 aliphatic carbocycles. The number of esters is 1. The van der Waals surface area contributed by atoms with Crippen LogP contribution in [0.3, 0.4) is 0 Å². The van der Waals surface area contributed by atoms with Gasteiger partial charge in [-0.05, 0) is 35.0 Å². The minimum atomic E-state index is -0.130. The highest BCUT2D eigenvalue weighted by molar-refractivity contribution is 9.10. The molecule has 88 valence electrons. The van der Waals surface area contributed by atoms with E-state index in [1.807, 2.05) is 38.1 Å². The molecule has 0 bridgehead atoms. The molecule has 1 aromatic carbocycles. The maximum Gasteiger partial charge on any atom is 0.306 e. The van der Waals surface area contributed by atoms with Crippen molar-refractivity contribution in [2.45, 2.75) is 30.4 Å². The number of rotatable bonds is 5. The Balaban J connectivity index is 2.48. The van der Waals surface area contributed by atoms with Crippen molar-refractivity contribution >= 4 is 33.7 Å². The molecule has 0 N–H and O–H groups in total. The van der Waals surface area contributed by atoms with Crippen molar-refractivity contribution in [2.24, 2.45) is 0 Å². The van der Waals surface area contributed by atoms with Gasteiger partial charge in [0.05, 0.1) is 13.0 Å². The summed E-state index contributed by atoms with van der Waals surface area (Å²) >= 11 is 5.16. The van der Waals surface area contributed by atoms with Crippen LogP contribution in [0.5, 0.6) is 0 Å². The van der Waals surface area contributed by atoms with Crippen LogP contribution in [0.1, 0.15) is 20.3 Å². The van der Waals surface area contributed by atoms with E-state index in [0.717, 1.165) is 9.37 Å². The van der Waals surface area contributed by atoms with E-state index in [0.29, 0.717) is 13.0 Å². The lowest BCUT2D eigenvalue weighted by Gasteiger charge is -2.11. The summed E-state index contributed by atoms with van der Waals surface area (Å²) < 4.78 is 5.98. The third kappa shape index (κ3) is 4.58. The van der Waals surface area contributed by atoms with Gasteiger partial charge in [0.2, 0.25) is 0 Å². The minimum Gasteiger partial charge on any atom is -0.466 e. The first-order chi connectivity index (χ1) is 7.63. The fourth-order valence-electron chi connectivity index (χ4n) is 1.25. The number of benzene rings is 1. The largest absolute Gasteiger partial charge is 0.466 e. The van der Waals surface area contributed by atoms with Gasteiger partial charge in [-0.3, -0.25) is 4.79 Å². The summed E-state index contributed by atoms with van der Waals surface area (Å²) in [6.45, 7) is 4.30. The average Bonchev–Trinajstić information content (AvgIpc) is 2.21. The Kier molecular flexibility index (Phi) is 5.91. The first-order valence-corrected chi connectivity index (χ1v) is 6.87. The first-order valence-electron chi connectivity index (χ1n) is 5.20. The summed E-state index contributed by atoms with van der Waals surface area (Å²) in [4.78, 5) is 12.4. The molecule has 1 atom stereocenters. The van der Waals surface area contributed by atoms with E-state index in [1.165, 1.54) is 0 Å². The molecule has 0 aromatic heterocycles. The zero-order chi connectivity index (χ0) is 12.0. The SMILES string of the molecule is CCOC(=O)CC(C)Sc1ccccc1Br. The Morgan fingerprint density at radius 3 is 2.81 bits per heavy atom. The summed E-state index contributed by atoms with van der Waals surface area (Å²) in [7, 11) is 0. The first kappa shape index (κ1) is 13.6. The third-order valence-electron chi connectivity index (χ3n) is 1.92. The Hall–Kier alpha value is -0.480. The van der Waals surface area contributed by atoms with E-state index >= 15 is 0 Å². The summed E-state index contributed by atoms with van der Waals surface area (Å²) in [6, 6.07) is 8.00. The highest BCUT2D eigenvalue weighted by Crippen LogP contribution is 2.31. The quantitative estimate of drug-likeness (QED) is 0.610. The molecular weight excluding hydrogens is 288 g/mol. The van der Waals surface area contributed by atoms with Crippen molar-refractivity contribution in [3.05, 3.63) is 28.7 Å². The molecular formula is C12H15BrO2S. The van der Waals surface area contributed by atoms with Crippen LogP contribution in [0.4, 0.5) is 0 Å². The van der Waals surface area contributed by atoms with E-state index in [-0.39, 0.29) is 11.2 Å². The number of hydrogen-bond donors (Lipinski definition) is 0. The van der Waals surface area contributed by atoms with Crippen LogP contribution in [-0.2, 0) is 9.53 Å². The zero-order valence-corrected chi connectivity index (χ0v) is 11.8. The van der Waals surface area contributed by atoms with Gasteiger partial charge >= 0.3 is 5.97 Å². The summed E-state index contributed by atoms with van der Waals surface area (Å²) in [5, 5.41) is 0.220. The number of carbonyl (C=O) groups is 1. The van der Waals surface area contributed by atoms with E-state index in [1.54, 1.807) is 11.8 Å². The van der Waals surface area contributed by atoms with Crippen molar-refractivity contribution < 1.29 is 9.53 Å². The van der Waals surface area contributed by atoms with Gasteiger partial charge in [0.1, 0.15) is 0 Å². The average molecular weight is 303 g/mol. The van der Waals surface area contributed by atoms with Gasteiger partial charge in [-0.1, -0.05) is 19.1 Å². The number of halogens is 1. The van der Waals surface area contributed by atoms with Crippen molar-refractivity contribution in [3.8, 4) is 0 Å². The Morgan fingerprint density at radius 2 is 2.19 bits per heavy atom. The van der Waals surface area contributed by atoms with Gasteiger partial charge < -0.3 is 4.74 Å². The molecule has 2 nitrogen and oxygen atoms in total. The standard InChI is InChI=1S/C12H15BrO2S/c1-3-15-12(14)8-9(2)16-11-7-5-4-6-10(11)13/h4-7,9H,3,8H2,1-2H3. The van der Waals surface area contributed by atoms with E-state index in [9.17, 15) is 4.79 Å². The van der Waals surface area contributed by atoms with Crippen molar-refractivity contribution in [3.63, 3.8) is 0 Å². The van der Waals surface area contributed by atoms with E-state index in [4.69, 9.17) is 4.74 Å². The van der Waals surface area contributed by atoms with Crippen molar-refractivity contribution in [1.29, 1.82) is 0 Å². The maximum atomic E-state index is 11.3. The molecule has 0 saturated carbocycles. The van der Waals surface area contributed by atoms with Gasteiger partial charge in [0.15, 0.2) is 0 Å². The van der Waals surface area contributed by atoms with Gasteiger partial charge in [0.25, 0.3) is 0 Å². The molecule has 0 fully saturated rings. The summed E-state index contributed by atoms with van der Waals surface area (Å²) in [6.07, 6.45) is 0.444. The van der Waals surface area contributed by atoms with Crippen LogP contribution in [0.25, 0.3) is 0 Å². The number of hydrogen-bond acceptors (Lipinski definition) is 3. The predicted octanol–water partition coefficient (Wildman–Crippen LogP) is 3.88. The zero-order valence-electron chi connectivity index (χ0n) is 9.40. The van der Waals surface area contributed by atoms with Crippen LogP contribution in [0, 0.1) is 0 Å². The second kappa shape index (κ2) is 6.97. The maximum absolute atomic E-state index is 11.3. The minimum absolute atomic E-state index is 0.130. The smallest absolute Gasteiger partial charge is 0.306 e. The molecule has 0 aliphatic rings. The predicted molar refractivity (Wildman–Crippen MR) is 70.7 cm³/mol. The van der Waals surface area contributed by atoms with Crippen LogP contribution < -0.4 is 0 Å². The molecule has 4 heteroatoms. The molecule has 0 amide bonds. The van der Waals surface area contributed by atoms with Crippen LogP contribution in [0.2, 0.25) is 0 Å². The molecule has 0 saturated heterocycles. The normalized spacial score (nSPS) is 12.2. The van der Waals surface area contributed by atoms with Crippen LogP contribution >= 0.6 is 27.7 Å². The molecule has 1 unspecified atom stereocenters. The Bertz CT molecular complexity index is 355. The Labute approximate surface area is 109 Å². The van der Waals surface area contributed by atoms with Crippen molar-refractivity contribution in [2.75, 3.05) is 6.61 Å². The van der Waals surface area contributed by atoms with E-state index in [2.05, 4.69) is 15.9 Å². The van der Waals surface area contributed by atoms with Gasteiger partial charge in [-0.15, -0.1) is 11.8 Å². The summed E-state index contributed by atoms with van der Waals surface area (Å²) in [5.74, 6) is -0.130. The molecule has 0 radical (unpaired) electrons.